The van der Waals surface area contributed by atoms with Gasteiger partial charge in [0.25, 0.3) is 0 Å². The maximum Gasteiger partial charge on any atom is 0.237 e. The van der Waals surface area contributed by atoms with Crippen LogP contribution < -0.4 is 5.32 Å². The van der Waals surface area contributed by atoms with Crippen molar-refractivity contribution in [3.63, 3.8) is 0 Å². The zero-order valence-corrected chi connectivity index (χ0v) is 11.8. The number of hydrogen-bond acceptors (Lipinski definition) is 4. The van der Waals surface area contributed by atoms with E-state index in [1.54, 1.807) is 30.5 Å². The standard InChI is InChI=1S/C15H14N2O2S/c1-11(20-10-13-6-4-8-19-13)15(18)17-14-7-3-2-5-12(14)9-16/h2-8,11H,10H2,1H3,(H,17,18)/t11-/m1/s1. The average molecular weight is 286 g/mol. The predicted octanol–water partition coefficient (Wildman–Crippen LogP) is 3.41. The topological polar surface area (TPSA) is 66.0 Å². The third-order valence-corrected chi connectivity index (χ3v) is 3.90. The highest BCUT2D eigenvalue weighted by Gasteiger charge is 2.15. The third kappa shape index (κ3) is 3.65. The molecule has 0 fully saturated rings. The first-order chi connectivity index (χ1) is 9.70. The van der Waals surface area contributed by atoms with Gasteiger partial charge in [-0.25, -0.2) is 0 Å². The summed E-state index contributed by atoms with van der Waals surface area (Å²) in [7, 11) is 0. The molecule has 1 aromatic heterocycles. The lowest BCUT2D eigenvalue weighted by molar-refractivity contribution is -0.115. The monoisotopic (exact) mass is 286 g/mol. The van der Waals surface area contributed by atoms with E-state index in [1.165, 1.54) is 11.8 Å². The second-order valence-electron chi connectivity index (χ2n) is 4.18. The number of hydrogen-bond donors (Lipinski definition) is 1. The zero-order chi connectivity index (χ0) is 14.4. The molecule has 0 aliphatic rings. The Morgan fingerprint density at radius 1 is 1.40 bits per heavy atom. The summed E-state index contributed by atoms with van der Waals surface area (Å²) in [4.78, 5) is 12.1. The fraction of sp³-hybridized carbons (Fsp3) is 0.200. The van der Waals surface area contributed by atoms with Crippen LogP contribution in [-0.2, 0) is 10.5 Å². The number of nitrogens with one attached hydrogen (secondary N) is 1. The van der Waals surface area contributed by atoms with Gasteiger partial charge >= 0.3 is 0 Å². The van der Waals surface area contributed by atoms with Gasteiger partial charge in [-0.3, -0.25) is 4.79 Å². The number of furan rings is 1. The highest BCUT2D eigenvalue weighted by atomic mass is 32.2. The maximum absolute atomic E-state index is 12.1. The van der Waals surface area contributed by atoms with Crippen LogP contribution >= 0.6 is 11.8 Å². The highest BCUT2D eigenvalue weighted by Crippen LogP contribution is 2.20. The van der Waals surface area contributed by atoms with Gasteiger partial charge in [0, 0.05) is 0 Å². The van der Waals surface area contributed by atoms with Crippen LogP contribution in [0.25, 0.3) is 0 Å². The number of thioether (sulfide) groups is 1. The highest BCUT2D eigenvalue weighted by molar-refractivity contribution is 7.99. The molecule has 1 heterocycles. The van der Waals surface area contributed by atoms with Crippen molar-refractivity contribution in [2.45, 2.75) is 17.9 Å². The van der Waals surface area contributed by atoms with Crippen molar-refractivity contribution in [2.75, 3.05) is 5.32 Å². The smallest absolute Gasteiger partial charge is 0.237 e. The Labute approximate surface area is 121 Å². The van der Waals surface area contributed by atoms with Crippen molar-refractivity contribution in [1.82, 2.24) is 0 Å². The van der Waals surface area contributed by atoms with E-state index >= 15 is 0 Å². The summed E-state index contributed by atoms with van der Waals surface area (Å²) in [5.74, 6) is 1.36. The lowest BCUT2D eigenvalue weighted by Crippen LogP contribution is -2.23. The quantitative estimate of drug-likeness (QED) is 0.914. The molecule has 102 valence electrons. The van der Waals surface area contributed by atoms with Gasteiger partial charge in [-0.2, -0.15) is 5.26 Å². The Kier molecular flexibility index (Phi) is 4.85. The Bertz CT molecular complexity index is 617. The molecule has 0 unspecified atom stereocenters. The molecule has 20 heavy (non-hydrogen) atoms. The molecule has 4 nitrogen and oxygen atoms in total. The number of nitriles is 1. The number of anilines is 1. The number of carbonyl (C=O) groups excluding carboxylic acids is 1. The molecule has 0 aliphatic carbocycles. The van der Waals surface area contributed by atoms with Gasteiger partial charge in [0.2, 0.25) is 5.91 Å². The van der Waals surface area contributed by atoms with E-state index in [2.05, 4.69) is 11.4 Å². The lowest BCUT2D eigenvalue weighted by Gasteiger charge is -2.12. The fourth-order valence-corrected chi connectivity index (χ4v) is 2.39. The summed E-state index contributed by atoms with van der Waals surface area (Å²) in [5, 5.41) is 11.5. The van der Waals surface area contributed by atoms with E-state index in [0.29, 0.717) is 17.0 Å². The van der Waals surface area contributed by atoms with Crippen LogP contribution in [0.3, 0.4) is 0 Å². The normalized spacial score (nSPS) is 11.6. The molecule has 0 radical (unpaired) electrons. The zero-order valence-electron chi connectivity index (χ0n) is 11.0. The first-order valence-corrected chi connectivity index (χ1v) is 7.19. The van der Waals surface area contributed by atoms with Gasteiger partial charge in [0.15, 0.2) is 0 Å². The van der Waals surface area contributed by atoms with E-state index in [9.17, 15) is 4.79 Å². The minimum atomic E-state index is -0.230. The molecule has 1 N–H and O–H groups in total. The maximum atomic E-state index is 12.1. The van der Waals surface area contributed by atoms with Crippen LogP contribution in [0, 0.1) is 11.3 Å². The largest absolute Gasteiger partial charge is 0.468 e. The van der Waals surface area contributed by atoms with E-state index in [1.807, 2.05) is 19.1 Å². The van der Waals surface area contributed by atoms with Gasteiger partial charge < -0.3 is 9.73 Å². The van der Waals surface area contributed by atoms with E-state index in [4.69, 9.17) is 9.68 Å². The van der Waals surface area contributed by atoms with E-state index in [0.717, 1.165) is 5.76 Å². The summed E-state index contributed by atoms with van der Waals surface area (Å²) in [5.41, 5.74) is 1.01. The summed E-state index contributed by atoms with van der Waals surface area (Å²) < 4.78 is 5.22. The first kappa shape index (κ1) is 14.2. The minimum Gasteiger partial charge on any atom is -0.468 e. The SMILES string of the molecule is C[C@@H](SCc1ccco1)C(=O)Nc1ccccc1C#N. The fourth-order valence-electron chi connectivity index (χ4n) is 1.60. The van der Waals surface area contributed by atoms with Crippen molar-refractivity contribution >= 4 is 23.4 Å². The molecule has 0 saturated carbocycles. The number of carbonyl (C=O) groups is 1. The third-order valence-electron chi connectivity index (χ3n) is 2.73. The summed E-state index contributed by atoms with van der Waals surface area (Å²) in [6.07, 6.45) is 1.61. The summed E-state index contributed by atoms with van der Waals surface area (Å²) in [6, 6.07) is 12.7. The van der Waals surface area contributed by atoms with Gasteiger partial charge in [0.1, 0.15) is 11.8 Å². The van der Waals surface area contributed by atoms with Crippen molar-refractivity contribution in [2.24, 2.45) is 0 Å². The number of rotatable bonds is 5. The van der Waals surface area contributed by atoms with E-state index < -0.39 is 0 Å². The summed E-state index contributed by atoms with van der Waals surface area (Å²) >= 11 is 1.49. The molecule has 1 atom stereocenters. The Morgan fingerprint density at radius 2 is 2.20 bits per heavy atom. The molecule has 0 spiro atoms. The number of amides is 1. The number of nitrogens with zero attached hydrogens (tertiary/aromatic N) is 1. The Balaban J connectivity index is 1.92. The van der Waals surface area contributed by atoms with Gasteiger partial charge in [0.05, 0.1) is 28.5 Å². The molecular weight excluding hydrogens is 272 g/mol. The lowest BCUT2D eigenvalue weighted by atomic mass is 10.2. The van der Waals surface area contributed by atoms with Gasteiger partial charge in [-0.1, -0.05) is 12.1 Å². The van der Waals surface area contributed by atoms with Crippen molar-refractivity contribution in [1.29, 1.82) is 5.26 Å². The average Bonchev–Trinajstić information content (AvgIpc) is 2.98. The van der Waals surface area contributed by atoms with Gasteiger partial charge in [-0.15, -0.1) is 11.8 Å². The van der Waals surface area contributed by atoms with E-state index in [-0.39, 0.29) is 11.2 Å². The van der Waals surface area contributed by atoms with Crippen LogP contribution in [0.4, 0.5) is 5.69 Å². The van der Waals surface area contributed by atoms with Crippen LogP contribution in [0.5, 0.6) is 0 Å². The molecular formula is C15H14N2O2S. The first-order valence-electron chi connectivity index (χ1n) is 6.14. The number of benzene rings is 1. The summed E-state index contributed by atoms with van der Waals surface area (Å²) in [6.45, 7) is 1.83. The second kappa shape index (κ2) is 6.83. The minimum absolute atomic E-state index is 0.121. The van der Waals surface area contributed by atoms with Crippen molar-refractivity contribution in [3.05, 3.63) is 54.0 Å². The molecule has 0 aliphatic heterocycles. The Morgan fingerprint density at radius 3 is 2.90 bits per heavy atom. The van der Waals surface area contributed by atoms with Crippen LogP contribution in [0.15, 0.2) is 47.1 Å². The van der Waals surface area contributed by atoms with Crippen LogP contribution in [0.1, 0.15) is 18.2 Å². The van der Waals surface area contributed by atoms with Crippen LogP contribution in [-0.4, -0.2) is 11.2 Å². The Hall–Kier alpha value is -2.19. The molecule has 2 aromatic rings. The van der Waals surface area contributed by atoms with Crippen molar-refractivity contribution < 1.29 is 9.21 Å². The second-order valence-corrected chi connectivity index (χ2v) is 5.51. The number of para-hydroxylation sites is 1. The predicted molar refractivity (Wildman–Crippen MR) is 79.3 cm³/mol. The van der Waals surface area contributed by atoms with Crippen molar-refractivity contribution in [3.8, 4) is 6.07 Å². The molecule has 0 bridgehead atoms. The molecule has 0 saturated heterocycles. The molecule has 5 heteroatoms. The van der Waals surface area contributed by atoms with Crippen LogP contribution in [0.2, 0.25) is 0 Å². The van der Waals surface area contributed by atoms with Gasteiger partial charge in [-0.05, 0) is 31.2 Å². The molecule has 2 rings (SSSR count). The molecule has 1 aromatic carbocycles. The molecule has 1 amide bonds.